The standard InChI is InChI=1S/C25H38O2/c1-6-21(26)15(2)18-7-8-19-17-13-22(27-5)25-14-16(25)9-12-24(25,4)20(17)10-11-23(18,19)3/h1,15-22,26H,7-14H2,2-5H3. The molecule has 0 saturated heterocycles. The van der Waals surface area contributed by atoms with Crippen molar-refractivity contribution in [1.82, 2.24) is 0 Å². The van der Waals surface area contributed by atoms with Crippen LogP contribution in [0.25, 0.3) is 0 Å². The van der Waals surface area contributed by atoms with Gasteiger partial charge >= 0.3 is 0 Å². The minimum Gasteiger partial charge on any atom is -0.381 e. The van der Waals surface area contributed by atoms with Crippen molar-refractivity contribution < 1.29 is 9.84 Å². The monoisotopic (exact) mass is 370 g/mol. The van der Waals surface area contributed by atoms with E-state index in [1.807, 2.05) is 7.11 Å². The van der Waals surface area contributed by atoms with Crippen molar-refractivity contribution in [2.45, 2.75) is 84.3 Å². The molecule has 5 fully saturated rings. The number of hydrogen-bond acceptors (Lipinski definition) is 2. The van der Waals surface area contributed by atoms with Crippen molar-refractivity contribution in [2.24, 2.45) is 51.8 Å². The van der Waals surface area contributed by atoms with Crippen LogP contribution >= 0.6 is 0 Å². The van der Waals surface area contributed by atoms with E-state index in [1.54, 1.807) is 0 Å². The molecule has 0 amide bonds. The normalized spacial score (nSPS) is 57.6. The van der Waals surface area contributed by atoms with Crippen molar-refractivity contribution in [3.63, 3.8) is 0 Å². The maximum absolute atomic E-state index is 10.4. The van der Waals surface area contributed by atoms with Gasteiger partial charge in [0.2, 0.25) is 0 Å². The number of aliphatic hydroxyl groups excluding tert-OH is 1. The molecule has 11 atom stereocenters. The summed E-state index contributed by atoms with van der Waals surface area (Å²) in [6.45, 7) is 7.37. The number of aliphatic hydroxyl groups is 1. The van der Waals surface area contributed by atoms with Gasteiger partial charge in [-0.1, -0.05) is 26.7 Å². The Morgan fingerprint density at radius 2 is 1.89 bits per heavy atom. The van der Waals surface area contributed by atoms with Crippen LogP contribution in [0.1, 0.15) is 72.1 Å². The highest BCUT2D eigenvalue weighted by molar-refractivity contribution is 5.26. The minimum absolute atomic E-state index is 0.213. The lowest BCUT2D eigenvalue weighted by atomic mass is 9.45. The highest BCUT2D eigenvalue weighted by Gasteiger charge is 2.77. The summed E-state index contributed by atoms with van der Waals surface area (Å²) < 4.78 is 6.21. The smallest absolute Gasteiger partial charge is 0.117 e. The second kappa shape index (κ2) is 5.76. The molecule has 27 heavy (non-hydrogen) atoms. The summed E-state index contributed by atoms with van der Waals surface area (Å²) in [5, 5.41) is 10.4. The highest BCUT2D eigenvalue weighted by atomic mass is 16.5. The van der Waals surface area contributed by atoms with E-state index in [-0.39, 0.29) is 5.92 Å². The molecule has 5 rings (SSSR count). The molecular formula is C25H38O2. The predicted octanol–water partition coefficient (Wildman–Crippen LogP) is 4.90. The van der Waals surface area contributed by atoms with Crippen LogP contribution in [0.4, 0.5) is 0 Å². The zero-order valence-electron chi connectivity index (χ0n) is 17.7. The van der Waals surface area contributed by atoms with Crippen molar-refractivity contribution in [3.05, 3.63) is 0 Å². The van der Waals surface area contributed by atoms with Crippen molar-refractivity contribution in [3.8, 4) is 12.3 Å². The first-order chi connectivity index (χ1) is 12.8. The molecule has 5 aliphatic rings. The third-order valence-corrected chi connectivity index (χ3v) is 11.2. The van der Waals surface area contributed by atoms with Gasteiger partial charge in [0.1, 0.15) is 6.10 Å². The van der Waals surface area contributed by atoms with Crippen LogP contribution in [0.3, 0.4) is 0 Å². The number of methoxy groups -OCH3 is 1. The molecule has 0 aliphatic heterocycles. The SMILES string of the molecule is C#CC(O)C(C)C1CCC2C3CC(OC)C45CC4CCC5(C)C3CCC12C. The molecule has 0 aromatic heterocycles. The lowest BCUT2D eigenvalue weighted by Crippen LogP contribution is -2.57. The van der Waals surface area contributed by atoms with Crippen molar-refractivity contribution >= 4 is 0 Å². The van der Waals surface area contributed by atoms with Crippen LogP contribution in [-0.2, 0) is 4.74 Å². The molecule has 0 radical (unpaired) electrons. The minimum atomic E-state index is -0.593. The van der Waals surface area contributed by atoms with Gasteiger partial charge in [0.25, 0.3) is 0 Å². The molecule has 2 nitrogen and oxygen atoms in total. The van der Waals surface area contributed by atoms with Crippen LogP contribution in [0.2, 0.25) is 0 Å². The van der Waals surface area contributed by atoms with Crippen LogP contribution in [0, 0.1) is 64.1 Å². The van der Waals surface area contributed by atoms with Gasteiger partial charge in [-0.2, -0.15) is 0 Å². The van der Waals surface area contributed by atoms with E-state index < -0.39 is 6.10 Å². The summed E-state index contributed by atoms with van der Waals surface area (Å²) in [5.41, 5.74) is 1.37. The largest absolute Gasteiger partial charge is 0.381 e. The fraction of sp³-hybridized carbons (Fsp3) is 0.920. The topological polar surface area (TPSA) is 29.5 Å². The first kappa shape index (κ1) is 18.5. The Labute approximate surface area is 165 Å². The first-order valence-electron chi connectivity index (χ1n) is 11.5. The van der Waals surface area contributed by atoms with Crippen LogP contribution < -0.4 is 0 Å². The Balaban J connectivity index is 1.47. The van der Waals surface area contributed by atoms with Gasteiger partial charge in [0.05, 0.1) is 6.10 Å². The van der Waals surface area contributed by atoms with E-state index in [0.717, 1.165) is 23.7 Å². The summed E-state index contributed by atoms with van der Waals surface area (Å²) >= 11 is 0. The Morgan fingerprint density at radius 1 is 1.11 bits per heavy atom. The fourth-order valence-electron chi connectivity index (χ4n) is 9.85. The van der Waals surface area contributed by atoms with E-state index in [1.165, 1.54) is 51.4 Å². The van der Waals surface area contributed by atoms with Gasteiger partial charge in [0.15, 0.2) is 0 Å². The molecule has 1 N–H and O–H groups in total. The Bertz CT molecular complexity index is 666. The molecule has 0 bridgehead atoms. The quantitative estimate of drug-likeness (QED) is 0.716. The molecule has 1 spiro atoms. The second-order valence-electron chi connectivity index (χ2n) is 11.4. The van der Waals surface area contributed by atoms with E-state index in [2.05, 4.69) is 26.7 Å². The Morgan fingerprint density at radius 3 is 2.56 bits per heavy atom. The number of ether oxygens (including phenoxy) is 1. The van der Waals surface area contributed by atoms with Crippen LogP contribution in [-0.4, -0.2) is 24.4 Å². The molecule has 0 aromatic rings. The van der Waals surface area contributed by atoms with Gasteiger partial charge in [-0.3, -0.25) is 0 Å². The second-order valence-corrected chi connectivity index (χ2v) is 11.4. The summed E-state index contributed by atoms with van der Waals surface area (Å²) in [5.74, 6) is 6.82. The molecule has 5 aliphatic carbocycles. The number of terminal acetylenes is 1. The van der Waals surface area contributed by atoms with Gasteiger partial charge in [-0.05, 0) is 97.7 Å². The molecule has 150 valence electrons. The van der Waals surface area contributed by atoms with Gasteiger partial charge < -0.3 is 9.84 Å². The van der Waals surface area contributed by atoms with Crippen LogP contribution in [0.5, 0.6) is 0 Å². The third kappa shape index (κ3) is 2.06. The lowest BCUT2D eigenvalue weighted by Gasteiger charge is -2.61. The zero-order chi connectivity index (χ0) is 19.2. The molecule has 2 heteroatoms. The average Bonchev–Trinajstić information content (AvgIpc) is 3.17. The summed E-state index contributed by atoms with van der Waals surface area (Å²) in [6, 6.07) is 0. The number of rotatable bonds is 3. The van der Waals surface area contributed by atoms with Gasteiger partial charge in [-0.25, -0.2) is 0 Å². The van der Waals surface area contributed by atoms with Gasteiger partial charge in [0, 0.05) is 12.5 Å². The molecule has 0 aromatic carbocycles. The highest BCUT2D eigenvalue weighted by Crippen LogP contribution is 2.82. The Kier molecular flexibility index (Phi) is 3.95. The van der Waals surface area contributed by atoms with E-state index >= 15 is 0 Å². The number of fused-ring (bicyclic) bond motifs is 4. The third-order valence-electron chi connectivity index (χ3n) is 11.2. The van der Waals surface area contributed by atoms with Crippen LogP contribution in [0.15, 0.2) is 0 Å². The van der Waals surface area contributed by atoms with Crippen molar-refractivity contribution in [1.29, 1.82) is 0 Å². The Hall–Kier alpha value is -0.520. The molecular weight excluding hydrogens is 332 g/mol. The lowest BCUT2D eigenvalue weighted by molar-refractivity contribution is -0.162. The zero-order valence-corrected chi connectivity index (χ0v) is 17.7. The van der Waals surface area contributed by atoms with Crippen molar-refractivity contribution in [2.75, 3.05) is 7.11 Å². The van der Waals surface area contributed by atoms with E-state index in [0.29, 0.717) is 28.3 Å². The summed E-state index contributed by atoms with van der Waals surface area (Å²) in [4.78, 5) is 0. The fourth-order valence-corrected chi connectivity index (χ4v) is 9.85. The summed E-state index contributed by atoms with van der Waals surface area (Å²) in [7, 11) is 1.97. The number of hydrogen-bond donors (Lipinski definition) is 1. The average molecular weight is 371 g/mol. The molecule has 5 saturated carbocycles. The first-order valence-corrected chi connectivity index (χ1v) is 11.5. The predicted molar refractivity (Wildman–Crippen MR) is 108 cm³/mol. The summed E-state index contributed by atoms with van der Waals surface area (Å²) in [6.07, 6.45) is 16.3. The molecule has 0 heterocycles. The molecule has 11 unspecified atom stereocenters. The van der Waals surface area contributed by atoms with E-state index in [9.17, 15) is 5.11 Å². The van der Waals surface area contributed by atoms with Gasteiger partial charge in [-0.15, -0.1) is 6.42 Å². The van der Waals surface area contributed by atoms with E-state index in [4.69, 9.17) is 11.2 Å². The maximum Gasteiger partial charge on any atom is 0.117 e. The maximum atomic E-state index is 10.4.